The standard InChI is InChI=1S/C21H44N2O/c1-3-5-7-9-11-13-15-17-19-22-21(24)23-20-18-16-14-12-10-8-6-4-2/h3-20H2,1-2H3,(H2,22,23,24). The number of carbonyl (C=O) groups is 1. The topological polar surface area (TPSA) is 41.1 Å². The molecule has 0 aliphatic rings. The van der Waals surface area contributed by atoms with Gasteiger partial charge in [0.15, 0.2) is 0 Å². The Balaban J connectivity index is 3.13. The van der Waals surface area contributed by atoms with Gasteiger partial charge in [0.2, 0.25) is 0 Å². The summed E-state index contributed by atoms with van der Waals surface area (Å²) in [5.41, 5.74) is 0. The molecule has 0 aromatic carbocycles. The van der Waals surface area contributed by atoms with Crippen LogP contribution in [0.15, 0.2) is 0 Å². The molecular weight excluding hydrogens is 296 g/mol. The fourth-order valence-corrected chi connectivity index (χ4v) is 2.98. The molecular formula is C21H44N2O. The second-order valence-electron chi connectivity index (χ2n) is 7.13. The summed E-state index contributed by atoms with van der Waals surface area (Å²) in [6.45, 7) is 6.15. The van der Waals surface area contributed by atoms with Gasteiger partial charge >= 0.3 is 6.03 Å². The molecule has 0 rings (SSSR count). The fourth-order valence-electron chi connectivity index (χ4n) is 2.98. The Morgan fingerprint density at radius 3 is 1.12 bits per heavy atom. The number of nitrogens with one attached hydrogen (secondary N) is 2. The van der Waals surface area contributed by atoms with Crippen molar-refractivity contribution in [2.45, 2.75) is 117 Å². The molecule has 144 valence electrons. The average molecular weight is 341 g/mol. The Hall–Kier alpha value is -0.730. The lowest BCUT2D eigenvalue weighted by atomic mass is 10.1. The summed E-state index contributed by atoms with van der Waals surface area (Å²) in [4.78, 5) is 11.6. The largest absolute Gasteiger partial charge is 0.338 e. The maximum absolute atomic E-state index is 11.6. The second kappa shape index (κ2) is 20.3. The van der Waals surface area contributed by atoms with Gasteiger partial charge in [0, 0.05) is 13.1 Å². The first-order chi connectivity index (χ1) is 11.8. The van der Waals surface area contributed by atoms with Gasteiger partial charge in [0.05, 0.1) is 0 Å². The van der Waals surface area contributed by atoms with Gasteiger partial charge in [-0.2, -0.15) is 0 Å². The molecule has 0 spiro atoms. The monoisotopic (exact) mass is 340 g/mol. The Kier molecular flexibility index (Phi) is 19.7. The SMILES string of the molecule is CCCCCCCCCCNC(=O)NCCCCCCCCCC. The Morgan fingerprint density at radius 2 is 0.792 bits per heavy atom. The van der Waals surface area contributed by atoms with E-state index in [9.17, 15) is 4.79 Å². The summed E-state index contributed by atoms with van der Waals surface area (Å²) in [5.74, 6) is 0. The van der Waals surface area contributed by atoms with Gasteiger partial charge in [-0.05, 0) is 12.8 Å². The highest BCUT2D eigenvalue weighted by atomic mass is 16.2. The highest BCUT2D eigenvalue weighted by Crippen LogP contribution is 2.08. The third kappa shape index (κ3) is 19.3. The molecule has 0 atom stereocenters. The van der Waals surface area contributed by atoms with Crippen LogP contribution < -0.4 is 10.6 Å². The molecule has 2 amide bonds. The third-order valence-corrected chi connectivity index (χ3v) is 4.63. The maximum Gasteiger partial charge on any atom is 0.314 e. The zero-order valence-electron chi connectivity index (χ0n) is 16.6. The molecule has 0 heterocycles. The molecule has 0 unspecified atom stereocenters. The highest BCUT2D eigenvalue weighted by molar-refractivity contribution is 5.73. The van der Waals surface area contributed by atoms with Crippen molar-refractivity contribution in [3.8, 4) is 0 Å². The number of hydrogen-bond donors (Lipinski definition) is 2. The lowest BCUT2D eigenvalue weighted by molar-refractivity contribution is 0.240. The molecule has 0 saturated carbocycles. The molecule has 3 nitrogen and oxygen atoms in total. The van der Waals surface area contributed by atoms with E-state index in [0.717, 1.165) is 25.9 Å². The molecule has 24 heavy (non-hydrogen) atoms. The maximum atomic E-state index is 11.6. The molecule has 0 aromatic rings. The van der Waals surface area contributed by atoms with E-state index < -0.39 is 0 Å². The number of amides is 2. The fraction of sp³-hybridized carbons (Fsp3) is 0.952. The smallest absolute Gasteiger partial charge is 0.314 e. The molecule has 0 radical (unpaired) electrons. The van der Waals surface area contributed by atoms with Crippen LogP contribution in [0.25, 0.3) is 0 Å². The van der Waals surface area contributed by atoms with Gasteiger partial charge in [-0.3, -0.25) is 0 Å². The first-order valence-electron chi connectivity index (χ1n) is 10.8. The highest BCUT2D eigenvalue weighted by Gasteiger charge is 1.99. The molecule has 0 bridgehead atoms. The first kappa shape index (κ1) is 23.3. The van der Waals surface area contributed by atoms with Crippen LogP contribution in [0.1, 0.15) is 117 Å². The number of hydrogen-bond acceptors (Lipinski definition) is 1. The zero-order valence-corrected chi connectivity index (χ0v) is 16.6. The predicted octanol–water partition coefficient (Wildman–Crippen LogP) is 6.57. The molecule has 0 aromatic heterocycles. The van der Waals surface area contributed by atoms with Crippen molar-refractivity contribution >= 4 is 6.03 Å². The lowest BCUT2D eigenvalue weighted by Crippen LogP contribution is -2.36. The Morgan fingerprint density at radius 1 is 0.500 bits per heavy atom. The number of carbonyl (C=O) groups excluding carboxylic acids is 1. The summed E-state index contributed by atoms with van der Waals surface area (Å²) in [5, 5.41) is 5.94. The molecule has 3 heteroatoms. The van der Waals surface area contributed by atoms with Crippen molar-refractivity contribution in [1.29, 1.82) is 0 Å². The molecule has 2 N–H and O–H groups in total. The van der Waals surface area contributed by atoms with Gasteiger partial charge in [-0.15, -0.1) is 0 Å². The number of rotatable bonds is 18. The van der Waals surface area contributed by atoms with E-state index in [4.69, 9.17) is 0 Å². The van der Waals surface area contributed by atoms with Crippen molar-refractivity contribution in [3.05, 3.63) is 0 Å². The van der Waals surface area contributed by atoms with Crippen LogP contribution in [-0.4, -0.2) is 19.1 Å². The summed E-state index contributed by atoms with van der Waals surface area (Å²) in [6.07, 6.45) is 20.9. The normalized spacial score (nSPS) is 10.8. The van der Waals surface area contributed by atoms with Crippen LogP contribution in [0.2, 0.25) is 0 Å². The quantitative estimate of drug-likeness (QED) is 0.272. The van der Waals surface area contributed by atoms with Crippen molar-refractivity contribution < 1.29 is 4.79 Å². The van der Waals surface area contributed by atoms with Gasteiger partial charge in [-0.1, -0.05) is 104 Å². The predicted molar refractivity (Wildman–Crippen MR) is 107 cm³/mol. The van der Waals surface area contributed by atoms with Crippen molar-refractivity contribution in [1.82, 2.24) is 10.6 Å². The summed E-state index contributed by atoms with van der Waals surface area (Å²) < 4.78 is 0. The molecule has 0 saturated heterocycles. The van der Waals surface area contributed by atoms with E-state index in [0.29, 0.717) is 0 Å². The van der Waals surface area contributed by atoms with Crippen LogP contribution in [-0.2, 0) is 0 Å². The van der Waals surface area contributed by atoms with Gasteiger partial charge in [0.25, 0.3) is 0 Å². The van der Waals surface area contributed by atoms with Crippen LogP contribution >= 0.6 is 0 Å². The van der Waals surface area contributed by atoms with E-state index in [-0.39, 0.29) is 6.03 Å². The summed E-state index contributed by atoms with van der Waals surface area (Å²) >= 11 is 0. The second-order valence-corrected chi connectivity index (χ2v) is 7.13. The minimum atomic E-state index is 0.0147. The van der Waals surface area contributed by atoms with Crippen LogP contribution in [0.5, 0.6) is 0 Å². The van der Waals surface area contributed by atoms with Gasteiger partial charge in [-0.25, -0.2) is 4.79 Å². The summed E-state index contributed by atoms with van der Waals surface area (Å²) in [7, 11) is 0. The van der Waals surface area contributed by atoms with Crippen LogP contribution in [0, 0.1) is 0 Å². The number of unbranched alkanes of at least 4 members (excludes halogenated alkanes) is 14. The zero-order chi connectivity index (χ0) is 17.7. The summed E-state index contributed by atoms with van der Waals surface area (Å²) in [6, 6.07) is 0.0147. The average Bonchev–Trinajstić information content (AvgIpc) is 2.59. The van der Waals surface area contributed by atoms with Gasteiger partial charge < -0.3 is 10.6 Å². The Bertz CT molecular complexity index is 232. The number of urea groups is 1. The van der Waals surface area contributed by atoms with E-state index in [1.165, 1.54) is 89.9 Å². The van der Waals surface area contributed by atoms with Crippen molar-refractivity contribution in [3.63, 3.8) is 0 Å². The van der Waals surface area contributed by atoms with E-state index in [1.807, 2.05) is 0 Å². The molecule has 0 fully saturated rings. The van der Waals surface area contributed by atoms with Crippen LogP contribution in [0.3, 0.4) is 0 Å². The minimum Gasteiger partial charge on any atom is -0.338 e. The Labute approximate surface area is 151 Å². The first-order valence-corrected chi connectivity index (χ1v) is 10.8. The third-order valence-electron chi connectivity index (χ3n) is 4.63. The van der Waals surface area contributed by atoms with E-state index in [1.54, 1.807) is 0 Å². The van der Waals surface area contributed by atoms with Crippen molar-refractivity contribution in [2.24, 2.45) is 0 Å². The van der Waals surface area contributed by atoms with Crippen LogP contribution in [0.4, 0.5) is 4.79 Å². The van der Waals surface area contributed by atoms with Crippen molar-refractivity contribution in [2.75, 3.05) is 13.1 Å². The van der Waals surface area contributed by atoms with E-state index >= 15 is 0 Å². The lowest BCUT2D eigenvalue weighted by Gasteiger charge is -2.07. The minimum absolute atomic E-state index is 0.0147. The molecule has 0 aliphatic heterocycles. The van der Waals surface area contributed by atoms with Gasteiger partial charge in [0.1, 0.15) is 0 Å². The van der Waals surface area contributed by atoms with E-state index in [2.05, 4.69) is 24.5 Å². The molecule has 0 aliphatic carbocycles.